The van der Waals surface area contributed by atoms with Gasteiger partial charge >= 0.3 is 0 Å². The summed E-state index contributed by atoms with van der Waals surface area (Å²) < 4.78 is 26.6. The Morgan fingerprint density at radius 1 is 1.44 bits per heavy atom. The average Bonchev–Trinajstić information content (AvgIpc) is 2.56. The van der Waals surface area contributed by atoms with Gasteiger partial charge < -0.3 is 10.8 Å². The van der Waals surface area contributed by atoms with Crippen molar-refractivity contribution in [1.82, 2.24) is 4.90 Å². The van der Waals surface area contributed by atoms with Crippen molar-refractivity contribution in [2.45, 2.75) is 12.6 Å². The summed E-state index contributed by atoms with van der Waals surface area (Å²) in [6.07, 6.45) is 0. The molecule has 0 saturated carbocycles. The fourth-order valence-corrected chi connectivity index (χ4v) is 2.28. The standard InChI is InChI=1S/C11H14F2N2O/c12-8-3-7-6-15(1-2-16)10(5-14)11(7)9(13)4-8/h3-4,10,16H,1-2,5-6,14H2. The quantitative estimate of drug-likeness (QED) is 0.803. The van der Waals surface area contributed by atoms with E-state index < -0.39 is 11.6 Å². The van der Waals surface area contributed by atoms with Crippen LogP contribution in [0.5, 0.6) is 0 Å². The number of β-amino-alcohol motifs (C(OH)–C–C–N with tert-alkyl or cyclic N) is 1. The number of nitrogens with zero attached hydrogens (tertiary/aromatic N) is 1. The first-order chi connectivity index (χ1) is 7.67. The van der Waals surface area contributed by atoms with Crippen molar-refractivity contribution in [1.29, 1.82) is 0 Å². The van der Waals surface area contributed by atoms with Gasteiger partial charge in [0.1, 0.15) is 11.6 Å². The molecule has 5 heteroatoms. The fourth-order valence-electron chi connectivity index (χ4n) is 2.28. The Kier molecular flexibility index (Phi) is 3.18. The monoisotopic (exact) mass is 228 g/mol. The van der Waals surface area contributed by atoms with Crippen molar-refractivity contribution in [3.8, 4) is 0 Å². The minimum absolute atomic E-state index is 0.0193. The van der Waals surface area contributed by atoms with Gasteiger partial charge in [0.2, 0.25) is 0 Å². The summed E-state index contributed by atoms with van der Waals surface area (Å²) in [5, 5.41) is 8.89. The topological polar surface area (TPSA) is 49.5 Å². The third kappa shape index (κ3) is 1.81. The smallest absolute Gasteiger partial charge is 0.131 e. The number of aliphatic hydroxyl groups is 1. The Labute approximate surface area is 92.5 Å². The Morgan fingerprint density at radius 2 is 2.19 bits per heavy atom. The van der Waals surface area contributed by atoms with Crippen LogP contribution in [0.3, 0.4) is 0 Å². The van der Waals surface area contributed by atoms with Gasteiger partial charge in [-0.1, -0.05) is 0 Å². The first-order valence-corrected chi connectivity index (χ1v) is 5.20. The zero-order chi connectivity index (χ0) is 11.7. The van der Waals surface area contributed by atoms with Crippen LogP contribution in [0.2, 0.25) is 0 Å². The van der Waals surface area contributed by atoms with Crippen molar-refractivity contribution in [2.24, 2.45) is 5.73 Å². The number of fused-ring (bicyclic) bond motifs is 1. The van der Waals surface area contributed by atoms with Gasteiger partial charge in [-0.25, -0.2) is 8.78 Å². The maximum atomic E-state index is 13.6. The van der Waals surface area contributed by atoms with Crippen molar-refractivity contribution in [2.75, 3.05) is 19.7 Å². The number of aliphatic hydroxyl groups excluding tert-OH is 1. The molecule has 0 amide bonds. The molecule has 1 unspecified atom stereocenters. The number of nitrogens with two attached hydrogens (primary N) is 1. The highest BCUT2D eigenvalue weighted by Crippen LogP contribution is 2.34. The number of rotatable bonds is 3. The Balaban J connectivity index is 2.38. The van der Waals surface area contributed by atoms with Gasteiger partial charge in [0.05, 0.1) is 12.6 Å². The molecule has 1 heterocycles. The zero-order valence-corrected chi connectivity index (χ0v) is 8.79. The predicted molar refractivity (Wildman–Crippen MR) is 55.6 cm³/mol. The Morgan fingerprint density at radius 3 is 2.81 bits per heavy atom. The fraction of sp³-hybridized carbons (Fsp3) is 0.455. The van der Waals surface area contributed by atoms with Crippen molar-refractivity contribution < 1.29 is 13.9 Å². The van der Waals surface area contributed by atoms with E-state index in [1.807, 2.05) is 4.90 Å². The number of halogens is 2. The first-order valence-electron chi connectivity index (χ1n) is 5.20. The molecule has 1 aromatic carbocycles. The van der Waals surface area contributed by atoms with Crippen molar-refractivity contribution in [3.63, 3.8) is 0 Å². The van der Waals surface area contributed by atoms with Crippen LogP contribution in [0.25, 0.3) is 0 Å². The van der Waals surface area contributed by atoms with Gasteiger partial charge in [-0.2, -0.15) is 0 Å². The molecule has 0 bridgehead atoms. The molecule has 1 atom stereocenters. The lowest BCUT2D eigenvalue weighted by atomic mass is 10.0. The minimum Gasteiger partial charge on any atom is -0.395 e. The summed E-state index contributed by atoms with van der Waals surface area (Å²) in [5.74, 6) is -1.12. The van der Waals surface area contributed by atoms with E-state index >= 15 is 0 Å². The van der Waals surface area contributed by atoms with Crippen LogP contribution in [-0.4, -0.2) is 29.7 Å². The molecular formula is C11H14F2N2O. The third-order valence-corrected chi connectivity index (χ3v) is 2.94. The van der Waals surface area contributed by atoms with Crippen LogP contribution < -0.4 is 5.73 Å². The molecule has 2 rings (SSSR count). The predicted octanol–water partition coefficient (Wildman–Crippen LogP) is 0.772. The van der Waals surface area contributed by atoms with Crippen LogP contribution in [0, 0.1) is 11.6 Å². The summed E-state index contributed by atoms with van der Waals surface area (Å²) >= 11 is 0. The minimum atomic E-state index is -0.571. The summed E-state index contributed by atoms with van der Waals surface area (Å²) in [4.78, 5) is 1.85. The lowest BCUT2D eigenvalue weighted by Gasteiger charge is -2.22. The van der Waals surface area contributed by atoms with Crippen LogP contribution in [0.4, 0.5) is 8.78 Å². The van der Waals surface area contributed by atoms with E-state index in [0.717, 1.165) is 6.07 Å². The van der Waals surface area contributed by atoms with Gasteiger partial charge in [0.15, 0.2) is 0 Å². The highest BCUT2D eigenvalue weighted by atomic mass is 19.1. The highest BCUT2D eigenvalue weighted by Gasteiger charge is 2.31. The van der Waals surface area contributed by atoms with Gasteiger partial charge in [0.25, 0.3) is 0 Å². The van der Waals surface area contributed by atoms with Gasteiger partial charge in [0, 0.05) is 31.3 Å². The van der Waals surface area contributed by atoms with E-state index in [0.29, 0.717) is 24.2 Å². The summed E-state index contributed by atoms with van der Waals surface area (Å²) in [6, 6.07) is 1.95. The number of hydrogen-bond donors (Lipinski definition) is 2. The molecule has 1 aliphatic heterocycles. The van der Waals surface area contributed by atoms with Gasteiger partial charge in [-0.3, -0.25) is 4.90 Å². The second-order valence-electron chi connectivity index (χ2n) is 3.91. The maximum absolute atomic E-state index is 13.6. The molecule has 0 spiro atoms. The lowest BCUT2D eigenvalue weighted by molar-refractivity contribution is 0.162. The molecular weight excluding hydrogens is 214 g/mol. The van der Waals surface area contributed by atoms with Crippen LogP contribution in [0.15, 0.2) is 12.1 Å². The summed E-state index contributed by atoms with van der Waals surface area (Å²) in [6.45, 7) is 1.09. The van der Waals surface area contributed by atoms with Gasteiger partial charge in [-0.05, 0) is 11.6 Å². The largest absolute Gasteiger partial charge is 0.395 e. The number of benzene rings is 1. The van der Waals surface area contributed by atoms with E-state index in [1.54, 1.807) is 0 Å². The van der Waals surface area contributed by atoms with Crippen molar-refractivity contribution >= 4 is 0 Å². The highest BCUT2D eigenvalue weighted by molar-refractivity contribution is 5.36. The first kappa shape index (κ1) is 11.4. The van der Waals surface area contributed by atoms with Crippen LogP contribution in [-0.2, 0) is 6.54 Å². The van der Waals surface area contributed by atoms with E-state index in [9.17, 15) is 8.78 Å². The van der Waals surface area contributed by atoms with Crippen molar-refractivity contribution in [3.05, 3.63) is 34.9 Å². The maximum Gasteiger partial charge on any atom is 0.131 e. The Bertz CT molecular complexity index is 398. The van der Waals surface area contributed by atoms with E-state index in [4.69, 9.17) is 10.8 Å². The Hall–Kier alpha value is -1.04. The lowest BCUT2D eigenvalue weighted by Crippen LogP contribution is -2.30. The molecule has 0 aliphatic carbocycles. The normalized spacial score (nSPS) is 20.1. The van der Waals surface area contributed by atoms with E-state index in [2.05, 4.69) is 0 Å². The SMILES string of the molecule is NCC1c2c(F)cc(F)cc2CN1CCO. The molecule has 0 saturated heterocycles. The van der Waals surface area contributed by atoms with Crippen LogP contribution >= 0.6 is 0 Å². The zero-order valence-electron chi connectivity index (χ0n) is 8.79. The van der Waals surface area contributed by atoms with Gasteiger partial charge in [-0.15, -0.1) is 0 Å². The molecule has 1 aromatic rings. The second-order valence-corrected chi connectivity index (χ2v) is 3.91. The van der Waals surface area contributed by atoms with E-state index in [-0.39, 0.29) is 19.2 Å². The molecule has 0 radical (unpaired) electrons. The summed E-state index contributed by atoms with van der Waals surface area (Å²) in [7, 11) is 0. The molecule has 88 valence electrons. The molecule has 0 fully saturated rings. The second kappa shape index (κ2) is 4.45. The van der Waals surface area contributed by atoms with Crippen LogP contribution in [0.1, 0.15) is 17.2 Å². The number of hydrogen-bond acceptors (Lipinski definition) is 3. The molecule has 3 nitrogen and oxygen atoms in total. The summed E-state index contributed by atoms with van der Waals surface area (Å²) in [5.41, 5.74) is 6.69. The molecule has 3 N–H and O–H groups in total. The average molecular weight is 228 g/mol. The molecule has 16 heavy (non-hydrogen) atoms. The molecule has 1 aliphatic rings. The third-order valence-electron chi connectivity index (χ3n) is 2.94. The molecule has 0 aromatic heterocycles. The van der Waals surface area contributed by atoms with E-state index in [1.165, 1.54) is 6.07 Å².